The summed E-state index contributed by atoms with van der Waals surface area (Å²) < 4.78 is 5.38. The van der Waals surface area contributed by atoms with E-state index in [0.29, 0.717) is 29.6 Å². The largest absolute Gasteiger partial charge is 0.494 e. The van der Waals surface area contributed by atoms with Crippen molar-refractivity contribution in [1.82, 2.24) is 9.97 Å². The monoisotopic (exact) mass is 278 g/mol. The Hall–Kier alpha value is -2.01. The quantitative estimate of drug-likeness (QED) is 0.838. The average molecular weight is 279 g/mol. The number of nitrogens with zero attached hydrogens (tertiary/aromatic N) is 2. The molecule has 0 unspecified atom stereocenters. The predicted octanol–water partition coefficient (Wildman–Crippen LogP) is 2.28. The van der Waals surface area contributed by atoms with Gasteiger partial charge in [-0.2, -0.15) is 4.98 Å². The Kier molecular flexibility index (Phi) is 4.06. The first-order chi connectivity index (χ1) is 9.10. The first-order valence-corrected chi connectivity index (χ1v) is 6.27. The van der Waals surface area contributed by atoms with E-state index in [2.05, 4.69) is 9.97 Å². The molecule has 2 rings (SSSR count). The predicted molar refractivity (Wildman–Crippen MR) is 76.3 cm³/mol. The van der Waals surface area contributed by atoms with Crippen molar-refractivity contribution in [2.45, 2.75) is 13.3 Å². The zero-order valence-corrected chi connectivity index (χ0v) is 11.3. The number of rotatable bonds is 4. The van der Waals surface area contributed by atoms with Gasteiger partial charge in [0.05, 0.1) is 6.61 Å². The summed E-state index contributed by atoms with van der Waals surface area (Å²) in [5.41, 5.74) is 13.0. The van der Waals surface area contributed by atoms with E-state index in [1.807, 2.05) is 31.2 Å². The highest BCUT2D eigenvalue weighted by molar-refractivity contribution is 6.30. The van der Waals surface area contributed by atoms with Crippen LogP contribution < -0.4 is 16.2 Å². The second-order valence-electron chi connectivity index (χ2n) is 3.99. The first-order valence-electron chi connectivity index (χ1n) is 5.89. The summed E-state index contributed by atoms with van der Waals surface area (Å²) in [5.74, 6) is 1.23. The summed E-state index contributed by atoms with van der Waals surface area (Å²) in [7, 11) is 0. The van der Waals surface area contributed by atoms with Crippen molar-refractivity contribution in [3.63, 3.8) is 0 Å². The van der Waals surface area contributed by atoms with Gasteiger partial charge < -0.3 is 16.2 Å². The van der Waals surface area contributed by atoms with Crippen LogP contribution in [0.1, 0.15) is 18.1 Å². The lowest BCUT2D eigenvalue weighted by molar-refractivity contribution is 0.340. The maximum absolute atomic E-state index is 6.03. The van der Waals surface area contributed by atoms with Gasteiger partial charge >= 0.3 is 0 Å². The third-order valence-electron chi connectivity index (χ3n) is 2.62. The molecule has 100 valence electrons. The Labute approximate surface area is 116 Å². The Morgan fingerprint density at radius 2 is 1.84 bits per heavy atom. The fourth-order valence-electron chi connectivity index (χ4n) is 1.73. The van der Waals surface area contributed by atoms with Gasteiger partial charge in [-0.25, -0.2) is 4.98 Å². The molecule has 0 aliphatic carbocycles. The van der Waals surface area contributed by atoms with Crippen molar-refractivity contribution >= 4 is 23.4 Å². The number of hydrogen-bond acceptors (Lipinski definition) is 5. The lowest BCUT2D eigenvalue weighted by Crippen LogP contribution is -2.05. The minimum Gasteiger partial charge on any atom is -0.494 e. The van der Waals surface area contributed by atoms with Gasteiger partial charge in [0, 0.05) is 12.0 Å². The Balaban J connectivity index is 2.21. The minimum atomic E-state index is 0.0814. The first kappa shape index (κ1) is 13.4. The standard InChI is InChI=1S/C13H15ClN4O/c1-2-19-9-5-3-8(4-6-9)7-10-11(14)17-13(16)18-12(10)15/h3-6H,2,7H2,1H3,(H4,15,16,17,18). The lowest BCUT2D eigenvalue weighted by Gasteiger charge is -2.08. The van der Waals surface area contributed by atoms with Crippen LogP contribution in [-0.4, -0.2) is 16.6 Å². The van der Waals surface area contributed by atoms with Crippen molar-refractivity contribution in [3.8, 4) is 5.75 Å². The summed E-state index contributed by atoms with van der Waals surface area (Å²) >= 11 is 6.03. The molecular weight excluding hydrogens is 264 g/mol. The van der Waals surface area contributed by atoms with Gasteiger partial charge in [0.1, 0.15) is 16.7 Å². The summed E-state index contributed by atoms with van der Waals surface area (Å²) in [6.45, 7) is 2.59. The van der Waals surface area contributed by atoms with E-state index in [9.17, 15) is 0 Å². The van der Waals surface area contributed by atoms with Gasteiger partial charge in [-0.15, -0.1) is 0 Å². The molecule has 19 heavy (non-hydrogen) atoms. The second kappa shape index (κ2) is 5.75. The number of halogens is 1. The van der Waals surface area contributed by atoms with Crippen molar-refractivity contribution in [2.75, 3.05) is 18.1 Å². The van der Waals surface area contributed by atoms with Crippen LogP contribution in [0.4, 0.5) is 11.8 Å². The molecular formula is C13H15ClN4O. The Morgan fingerprint density at radius 3 is 2.42 bits per heavy atom. The number of ether oxygens (including phenoxy) is 1. The molecule has 4 N–H and O–H groups in total. The van der Waals surface area contributed by atoms with Crippen LogP contribution in [0, 0.1) is 0 Å². The normalized spacial score (nSPS) is 10.4. The molecule has 0 radical (unpaired) electrons. The van der Waals surface area contributed by atoms with Crippen LogP contribution in [0.15, 0.2) is 24.3 Å². The molecule has 5 nitrogen and oxygen atoms in total. The van der Waals surface area contributed by atoms with Gasteiger partial charge in [0.25, 0.3) is 0 Å². The molecule has 0 bridgehead atoms. The molecule has 1 aromatic carbocycles. The molecule has 0 saturated carbocycles. The van der Waals surface area contributed by atoms with Crippen molar-refractivity contribution in [2.24, 2.45) is 0 Å². The number of anilines is 2. The number of nitrogens with two attached hydrogens (primary N) is 2. The van der Waals surface area contributed by atoms with Crippen molar-refractivity contribution in [3.05, 3.63) is 40.5 Å². The van der Waals surface area contributed by atoms with E-state index in [1.54, 1.807) is 0 Å². The van der Waals surface area contributed by atoms with Gasteiger partial charge in [-0.05, 0) is 24.6 Å². The summed E-state index contributed by atoms with van der Waals surface area (Å²) in [6, 6.07) is 7.72. The molecule has 0 saturated heterocycles. The van der Waals surface area contributed by atoms with Crippen LogP contribution in [0.2, 0.25) is 5.15 Å². The molecule has 6 heteroatoms. The second-order valence-corrected chi connectivity index (χ2v) is 4.35. The zero-order chi connectivity index (χ0) is 13.8. The minimum absolute atomic E-state index is 0.0814. The zero-order valence-electron chi connectivity index (χ0n) is 10.6. The lowest BCUT2D eigenvalue weighted by atomic mass is 10.1. The van der Waals surface area contributed by atoms with Crippen LogP contribution in [0.3, 0.4) is 0 Å². The SMILES string of the molecule is CCOc1ccc(Cc2c(N)nc(N)nc2Cl)cc1. The smallest absolute Gasteiger partial charge is 0.223 e. The molecule has 0 spiro atoms. The Bertz CT molecular complexity index is 548. The van der Waals surface area contributed by atoms with E-state index < -0.39 is 0 Å². The molecule has 1 heterocycles. The fraction of sp³-hybridized carbons (Fsp3) is 0.231. The highest BCUT2D eigenvalue weighted by Gasteiger charge is 2.10. The van der Waals surface area contributed by atoms with Crippen LogP contribution in [0.25, 0.3) is 0 Å². The molecule has 0 amide bonds. The maximum Gasteiger partial charge on any atom is 0.223 e. The molecule has 2 aromatic rings. The number of hydrogen-bond donors (Lipinski definition) is 2. The number of aromatic nitrogens is 2. The third kappa shape index (κ3) is 3.26. The number of nitrogen functional groups attached to an aromatic ring is 2. The van der Waals surface area contributed by atoms with E-state index >= 15 is 0 Å². The van der Waals surface area contributed by atoms with Gasteiger partial charge in [-0.1, -0.05) is 23.7 Å². The Morgan fingerprint density at radius 1 is 1.16 bits per heavy atom. The van der Waals surface area contributed by atoms with Crippen LogP contribution >= 0.6 is 11.6 Å². The topological polar surface area (TPSA) is 87.0 Å². The molecule has 1 aromatic heterocycles. The van der Waals surface area contributed by atoms with E-state index in [4.69, 9.17) is 27.8 Å². The van der Waals surface area contributed by atoms with Crippen LogP contribution in [-0.2, 0) is 6.42 Å². The fourth-order valence-corrected chi connectivity index (χ4v) is 1.98. The van der Waals surface area contributed by atoms with Gasteiger partial charge in [-0.3, -0.25) is 0 Å². The average Bonchev–Trinajstić information content (AvgIpc) is 2.36. The van der Waals surface area contributed by atoms with Gasteiger partial charge in [0.2, 0.25) is 5.95 Å². The molecule has 0 aliphatic heterocycles. The third-order valence-corrected chi connectivity index (χ3v) is 2.93. The molecule has 0 atom stereocenters. The summed E-state index contributed by atoms with van der Waals surface area (Å²) in [5, 5.41) is 0.291. The number of benzene rings is 1. The highest BCUT2D eigenvalue weighted by atomic mass is 35.5. The van der Waals surface area contributed by atoms with E-state index in [-0.39, 0.29) is 5.95 Å². The van der Waals surface area contributed by atoms with Crippen LogP contribution in [0.5, 0.6) is 5.75 Å². The van der Waals surface area contributed by atoms with E-state index in [1.165, 1.54) is 0 Å². The summed E-state index contributed by atoms with van der Waals surface area (Å²) in [4.78, 5) is 7.82. The van der Waals surface area contributed by atoms with Gasteiger partial charge in [0.15, 0.2) is 0 Å². The highest BCUT2D eigenvalue weighted by Crippen LogP contribution is 2.23. The van der Waals surface area contributed by atoms with Crippen molar-refractivity contribution < 1.29 is 4.74 Å². The van der Waals surface area contributed by atoms with Crippen molar-refractivity contribution in [1.29, 1.82) is 0 Å². The molecule has 0 fully saturated rings. The molecule has 0 aliphatic rings. The maximum atomic E-state index is 6.03. The van der Waals surface area contributed by atoms with E-state index in [0.717, 1.165) is 11.3 Å². The summed E-state index contributed by atoms with van der Waals surface area (Å²) in [6.07, 6.45) is 0.553.